The lowest BCUT2D eigenvalue weighted by Gasteiger charge is -2.12. The summed E-state index contributed by atoms with van der Waals surface area (Å²) in [6.45, 7) is 1.17. The van der Waals surface area contributed by atoms with Gasteiger partial charge in [0.15, 0.2) is 5.69 Å². The molecule has 5 aromatic rings. The molecule has 4 amide bonds. The van der Waals surface area contributed by atoms with Crippen molar-refractivity contribution in [1.29, 1.82) is 0 Å². The van der Waals surface area contributed by atoms with E-state index in [9.17, 15) is 27.6 Å². The van der Waals surface area contributed by atoms with Crippen LogP contribution in [-0.4, -0.2) is 59.7 Å². The quantitative estimate of drug-likeness (QED) is 0.137. The van der Waals surface area contributed by atoms with Crippen LogP contribution in [0.2, 0.25) is 5.02 Å². The molecule has 0 bridgehead atoms. The third-order valence-electron chi connectivity index (χ3n) is 6.95. The predicted molar refractivity (Wildman–Crippen MR) is 175 cm³/mol. The largest absolute Gasteiger partial charge is 0.417 e. The third-order valence-corrected chi connectivity index (χ3v) is 7.28. The van der Waals surface area contributed by atoms with E-state index in [1.165, 1.54) is 30.3 Å². The number of hydrogen-bond donors (Lipinski definition) is 4. The molecule has 0 fully saturated rings. The van der Waals surface area contributed by atoms with E-state index in [0.717, 1.165) is 17.6 Å². The maximum absolute atomic E-state index is 13.1. The van der Waals surface area contributed by atoms with E-state index in [1.807, 2.05) is 43.3 Å². The molecule has 5 rings (SSSR count). The second-order valence-electron chi connectivity index (χ2n) is 10.7. The average molecular weight is 664 g/mol. The van der Waals surface area contributed by atoms with Gasteiger partial charge in [-0.25, -0.2) is 9.48 Å². The standard InChI is InChI=1S/C33H29ClF3N7O3/c1-43(2)18-17-38-31(46)29-25-5-3-4-6-28(25)44(42-29)24-14-11-21(12-15-24)39-30(45)20-7-9-22(10-8-20)40-32(47)41-23-13-16-27(34)26(19-23)33(35,36)37/h3-16,19H,17-18H2,1-2H3,(H,38,46)(H,39,45)(H2,40,41,47). The maximum atomic E-state index is 13.1. The number of nitrogens with zero attached hydrogens (tertiary/aromatic N) is 3. The van der Waals surface area contributed by atoms with Crippen molar-refractivity contribution in [2.24, 2.45) is 0 Å². The number of benzene rings is 4. The lowest BCUT2D eigenvalue weighted by molar-refractivity contribution is -0.137. The molecule has 0 aliphatic carbocycles. The number of urea groups is 1. The van der Waals surface area contributed by atoms with Gasteiger partial charge in [0, 0.05) is 41.1 Å². The van der Waals surface area contributed by atoms with Gasteiger partial charge in [-0.1, -0.05) is 29.8 Å². The van der Waals surface area contributed by atoms with Crippen molar-refractivity contribution >= 4 is 57.4 Å². The van der Waals surface area contributed by atoms with Crippen LogP contribution in [0.4, 0.5) is 35.0 Å². The molecule has 1 heterocycles. The Bertz CT molecular complexity index is 1930. The highest BCUT2D eigenvalue weighted by Crippen LogP contribution is 2.36. The highest BCUT2D eigenvalue weighted by Gasteiger charge is 2.33. The zero-order valence-corrected chi connectivity index (χ0v) is 25.9. The smallest absolute Gasteiger partial charge is 0.349 e. The first-order chi connectivity index (χ1) is 22.4. The molecule has 14 heteroatoms. The summed E-state index contributed by atoms with van der Waals surface area (Å²) in [6.07, 6.45) is -4.67. The van der Waals surface area contributed by atoms with Crippen molar-refractivity contribution in [2.75, 3.05) is 43.1 Å². The van der Waals surface area contributed by atoms with Crippen LogP contribution in [-0.2, 0) is 6.18 Å². The summed E-state index contributed by atoms with van der Waals surface area (Å²) >= 11 is 5.62. The third kappa shape index (κ3) is 8.07. The van der Waals surface area contributed by atoms with Crippen molar-refractivity contribution in [3.8, 4) is 5.69 Å². The molecule has 4 aromatic carbocycles. The fraction of sp³-hybridized carbons (Fsp3) is 0.152. The van der Waals surface area contributed by atoms with Gasteiger partial charge in [0.2, 0.25) is 0 Å². The number of fused-ring (bicyclic) bond motifs is 1. The number of anilines is 3. The molecule has 0 aliphatic heterocycles. The van der Waals surface area contributed by atoms with Gasteiger partial charge in [0.25, 0.3) is 11.8 Å². The summed E-state index contributed by atoms with van der Waals surface area (Å²) in [5.74, 6) is -0.676. The SMILES string of the molecule is CN(C)CCNC(=O)c1nn(-c2ccc(NC(=O)c3ccc(NC(=O)Nc4ccc(Cl)c(C(F)(F)F)c4)cc3)cc2)c2ccccc12. The van der Waals surface area contributed by atoms with Crippen LogP contribution in [0.25, 0.3) is 16.6 Å². The fourth-order valence-corrected chi connectivity index (χ4v) is 4.84. The molecule has 0 radical (unpaired) electrons. The molecule has 0 atom stereocenters. The highest BCUT2D eigenvalue weighted by molar-refractivity contribution is 6.31. The Morgan fingerprint density at radius 3 is 2.11 bits per heavy atom. The summed E-state index contributed by atoms with van der Waals surface area (Å²) < 4.78 is 41.0. The molecule has 1 aromatic heterocycles. The van der Waals surface area contributed by atoms with E-state index >= 15 is 0 Å². The van der Waals surface area contributed by atoms with E-state index < -0.39 is 28.7 Å². The topological polar surface area (TPSA) is 120 Å². The molecule has 47 heavy (non-hydrogen) atoms. The summed E-state index contributed by atoms with van der Waals surface area (Å²) in [4.78, 5) is 40.1. The molecule has 0 aliphatic rings. The Kier molecular flexibility index (Phi) is 9.78. The van der Waals surface area contributed by atoms with Crippen LogP contribution >= 0.6 is 11.6 Å². The van der Waals surface area contributed by atoms with Crippen LogP contribution in [0.3, 0.4) is 0 Å². The van der Waals surface area contributed by atoms with E-state index in [4.69, 9.17) is 11.6 Å². The number of rotatable bonds is 9. The Balaban J connectivity index is 1.21. The van der Waals surface area contributed by atoms with Crippen molar-refractivity contribution < 1.29 is 27.6 Å². The van der Waals surface area contributed by atoms with Gasteiger partial charge in [-0.3, -0.25) is 9.59 Å². The monoisotopic (exact) mass is 663 g/mol. The number of likely N-dealkylation sites (N-methyl/N-ethyl adjacent to an activating group) is 1. The van der Waals surface area contributed by atoms with Gasteiger partial charge in [-0.15, -0.1) is 0 Å². The fourth-order valence-electron chi connectivity index (χ4n) is 4.62. The van der Waals surface area contributed by atoms with Gasteiger partial charge >= 0.3 is 12.2 Å². The Morgan fingerprint density at radius 1 is 0.809 bits per heavy atom. The second kappa shape index (κ2) is 13.9. The van der Waals surface area contributed by atoms with Crippen molar-refractivity contribution in [3.05, 3.63) is 113 Å². The van der Waals surface area contributed by atoms with Crippen LogP contribution in [0.15, 0.2) is 91.0 Å². The minimum Gasteiger partial charge on any atom is -0.349 e. The summed E-state index contributed by atoms with van der Waals surface area (Å²) in [5, 5.41) is 15.4. The Morgan fingerprint density at radius 2 is 1.43 bits per heavy atom. The van der Waals surface area contributed by atoms with Crippen LogP contribution in [0.5, 0.6) is 0 Å². The van der Waals surface area contributed by atoms with E-state index in [2.05, 4.69) is 26.4 Å². The molecular formula is C33H29ClF3N7O3. The van der Waals surface area contributed by atoms with Crippen molar-refractivity contribution in [3.63, 3.8) is 0 Å². The number of carbonyl (C=O) groups excluding carboxylic acids is 3. The number of halogens is 4. The average Bonchev–Trinajstić information content (AvgIpc) is 3.42. The summed E-state index contributed by atoms with van der Waals surface area (Å²) in [7, 11) is 3.85. The number of carbonyl (C=O) groups is 3. The Labute approximate surface area is 272 Å². The lowest BCUT2D eigenvalue weighted by atomic mass is 10.2. The first kappa shape index (κ1) is 33.0. The first-order valence-corrected chi connectivity index (χ1v) is 14.6. The number of nitrogens with one attached hydrogen (secondary N) is 4. The van der Waals surface area contributed by atoms with Gasteiger partial charge in [-0.2, -0.15) is 18.3 Å². The molecule has 10 nitrogen and oxygen atoms in total. The van der Waals surface area contributed by atoms with E-state index in [-0.39, 0.29) is 11.6 Å². The zero-order valence-electron chi connectivity index (χ0n) is 25.2. The number of hydrogen-bond acceptors (Lipinski definition) is 5. The van der Waals surface area contributed by atoms with Gasteiger partial charge in [0.1, 0.15) is 0 Å². The number of para-hydroxylation sites is 1. The molecule has 0 saturated heterocycles. The van der Waals surface area contributed by atoms with Crippen LogP contribution in [0, 0.1) is 0 Å². The second-order valence-corrected chi connectivity index (χ2v) is 11.1. The summed E-state index contributed by atoms with van der Waals surface area (Å²) in [5.41, 5.74) is 1.72. The first-order valence-electron chi connectivity index (χ1n) is 14.3. The van der Waals surface area contributed by atoms with Crippen molar-refractivity contribution in [2.45, 2.75) is 6.18 Å². The molecule has 0 unspecified atom stereocenters. The highest BCUT2D eigenvalue weighted by atomic mass is 35.5. The minimum atomic E-state index is -4.67. The minimum absolute atomic E-state index is 0.0939. The number of aromatic nitrogens is 2. The normalized spacial score (nSPS) is 11.4. The van der Waals surface area contributed by atoms with Crippen molar-refractivity contribution in [1.82, 2.24) is 20.0 Å². The molecule has 242 valence electrons. The maximum Gasteiger partial charge on any atom is 0.417 e. The zero-order chi connectivity index (χ0) is 33.7. The van der Waals surface area contributed by atoms with Crippen LogP contribution in [0.1, 0.15) is 26.4 Å². The summed E-state index contributed by atoms with van der Waals surface area (Å²) in [6, 6.07) is 22.6. The van der Waals surface area contributed by atoms with Gasteiger partial charge in [-0.05, 0) is 86.9 Å². The predicted octanol–water partition coefficient (Wildman–Crippen LogP) is 6.89. The molecular weight excluding hydrogens is 635 g/mol. The lowest BCUT2D eigenvalue weighted by Crippen LogP contribution is -2.31. The van der Waals surface area contributed by atoms with E-state index in [0.29, 0.717) is 46.8 Å². The molecule has 4 N–H and O–H groups in total. The van der Waals surface area contributed by atoms with Gasteiger partial charge in [0.05, 0.1) is 21.8 Å². The van der Waals surface area contributed by atoms with Crippen LogP contribution < -0.4 is 21.3 Å². The number of amides is 4. The molecule has 0 spiro atoms. The van der Waals surface area contributed by atoms with E-state index in [1.54, 1.807) is 28.9 Å². The molecule has 0 saturated carbocycles. The number of alkyl halides is 3. The van der Waals surface area contributed by atoms with Gasteiger partial charge < -0.3 is 26.2 Å². The Hall–Kier alpha value is -5.40.